The van der Waals surface area contributed by atoms with Crippen LogP contribution in [0.3, 0.4) is 0 Å². The van der Waals surface area contributed by atoms with Crippen LogP contribution in [-0.2, 0) is 0 Å². The van der Waals surface area contributed by atoms with Gasteiger partial charge < -0.3 is 9.64 Å². The Kier molecular flexibility index (Phi) is 4.24. The van der Waals surface area contributed by atoms with Crippen molar-refractivity contribution >= 4 is 5.82 Å². The SMILES string of the molecule is Cc1cc(N2CCC(Oc3ccncc3)C2)nc(-c2ccncc2)n1. The monoisotopic (exact) mass is 333 g/mol. The first-order valence-electron chi connectivity index (χ1n) is 8.35. The minimum absolute atomic E-state index is 0.155. The van der Waals surface area contributed by atoms with Gasteiger partial charge in [0.1, 0.15) is 17.7 Å². The molecule has 4 rings (SSSR count). The third-order valence-electron chi connectivity index (χ3n) is 4.20. The van der Waals surface area contributed by atoms with Gasteiger partial charge in [0, 0.05) is 55.1 Å². The van der Waals surface area contributed by atoms with Gasteiger partial charge in [-0.3, -0.25) is 9.97 Å². The Morgan fingerprint density at radius 2 is 1.72 bits per heavy atom. The molecule has 0 saturated carbocycles. The molecule has 6 nitrogen and oxygen atoms in total. The van der Waals surface area contributed by atoms with E-state index in [1.807, 2.05) is 37.3 Å². The second-order valence-electron chi connectivity index (χ2n) is 6.08. The molecular formula is C19H19N5O. The lowest BCUT2D eigenvalue weighted by atomic mass is 10.2. The van der Waals surface area contributed by atoms with Gasteiger partial charge in [0.05, 0.1) is 6.54 Å². The average molecular weight is 333 g/mol. The summed E-state index contributed by atoms with van der Waals surface area (Å²) >= 11 is 0. The van der Waals surface area contributed by atoms with Gasteiger partial charge in [0.25, 0.3) is 0 Å². The second kappa shape index (κ2) is 6.84. The molecule has 0 aliphatic carbocycles. The van der Waals surface area contributed by atoms with Crippen molar-refractivity contribution in [1.29, 1.82) is 0 Å². The number of nitrogens with zero attached hydrogens (tertiary/aromatic N) is 5. The molecule has 6 heteroatoms. The molecule has 0 spiro atoms. The number of aromatic nitrogens is 4. The van der Waals surface area contributed by atoms with E-state index in [-0.39, 0.29) is 6.10 Å². The Labute approximate surface area is 146 Å². The third-order valence-corrected chi connectivity index (χ3v) is 4.20. The van der Waals surface area contributed by atoms with Crippen LogP contribution in [0.4, 0.5) is 5.82 Å². The summed E-state index contributed by atoms with van der Waals surface area (Å²) in [4.78, 5) is 19.6. The normalized spacial score (nSPS) is 16.8. The summed E-state index contributed by atoms with van der Waals surface area (Å²) in [5.74, 6) is 2.54. The van der Waals surface area contributed by atoms with Gasteiger partial charge in [-0.15, -0.1) is 0 Å². The summed E-state index contributed by atoms with van der Waals surface area (Å²) in [6.07, 6.45) is 8.13. The molecule has 1 aliphatic rings. The molecule has 1 unspecified atom stereocenters. The number of hydrogen-bond donors (Lipinski definition) is 0. The van der Waals surface area contributed by atoms with Crippen LogP contribution in [0.15, 0.2) is 55.1 Å². The summed E-state index contributed by atoms with van der Waals surface area (Å²) in [6.45, 7) is 3.73. The van der Waals surface area contributed by atoms with Crippen LogP contribution < -0.4 is 9.64 Å². The van der Waals surface area contributed by atoms with E-state index in [4.69, 9.17) is 9.72 Å². The van der Waals surface area contributed by atoms with Crippen LogP contribution in [0.1, 0.15) is 12.1 Å². The van der Waals surface area contributed by atoms with Crippen molar-refractivity contribution in [2.24, 2.45) is 0 Å². The summed E-state index contributed by atoms with van der Waals surface area (Å²) in [5.41, 5.74) is 1.93. The van der Waals surface area contributed by atoms with Gasteiger partial charge in [0.15, 0.2) is 5.82 Å². The van der Waals surface area contributed by atoms with Crippen molar-refractivity contribution in [3.8, 4) is 17.1 Å². The number of aryl methyl sites for hydroxylation is 1. The molecule has 4 heterocycles. The lowest BCUT2D eigenvalue weighted by Crippen LogP contribution is -2.25. The molecule has 0 radical (unpaired) electrons. The molecule has 0 amide bonds. The Bertz CT molecular complexity index is 841. The van der Waals surface area contributed by atoms with E-state index < -0.39 is 0 Å². The molecule has 0 bridgehead atoms. The molecule has 0 N–H and O–H groups in total. The first kappa shape index (κ1) is 15.5. The predicted molar refractivity (Wildman–Crippen MR) is 95.5 cm³/mol. The topological polar surface area (TPSA) is 64.0 Å². The largest absolute Gasteiger partial charge is 0.488 e. The molecule has 25 heavy (non-hydrogen) atoms. The number of anilines is 1. The summed E-state index contributed by atoms with van der Waals surface area (Å²) in [5, 5.41) is 0. The zero-order chi connectivity index (χ0) is 17.1. The van der Waals surface area contributed by atoms with E-state index in [0.29, 0.717) is 0 Å². The number of ether oxygens (including phenoxy) is 1. The van der Waals surface area contributed by atoms with Crippen LogP contribution in [0.5, 0.6) is 5.75 Å². The van der Waals surface area contributed by atoms with E-state index in [1.165, 1.54) is 0 Å². The average Bonchev–Trinajstić information content (AvgIpc) is 3.11. The first-order valence-corrected chi connectivity index (χ1v) is 8.35. The highest BCUT2D eigenvalue weighted by atomic mass is 16.5. The fourth-order valence-electron chi connectivity index (χ4n) is 2.99. The van der Waals surface area contributed by atoms with Crippen molar-refractivity contribution < 1.29 is 4.74 Å². The van der Waals surface area contributed by atoms with Crippen molar-refractivity contribution in [3.63, 3.8) is 0 Å². The molecule has 1 aliphatic heterocycles. The predicted octanol–water partition coefficient (Wildman–Crippen LogP) is 2.90. The van der Waals surface area contributed by atoms with Crippen molar-refractivity contribution in [2.45, 2.75) is 19.4 Å². The molecule has 1 fully saturated rings. The number of rotatable bonds is 4. The number of hydrogen-bond acceptors (Lipinski definition) is 6. The van der Waals surface area contributed by atoms with Crippen LogP contribution in [0.2, 0.25) is 0 Å². The van der Waals surface area contributed by atoms with E-state index in [1.54, 1.807) is 24.8 Å². The first-order chi connectivity index (χ1) is 12.3. The van der Waals surface area contributed by atoms with Crippen molar-refractivity contribution in [3.05, 3.63) is 60.8 Å². The molecule has 1 saturated heterocycles. The fraction of sp³-hybridized carbons (Fsp3) is 0.263. The van der Waals surface area contributed by atoms with Crippen LogP contribution in [0.25, 0.3) is 11.4 Å². The van der Waals surface area contributed by atoms with Gasteiger partial charge in [0.2, 0.25) is 0 Å². The Morgan fingerprint density at radius 3 is 2.48 bits per heavy atom. The molecule has 126 valence electrons. The fourth-order valence-corrected chi connectivity index (χ4v) is 2.99. The third kappa shape index (κ3) is 3.57. The molecule has 3 aromatic heterocycles. The summed E-state index contributed by atoms with van der Waals surface area (Å²) in [7, 11) is 0. The molecule has 1 atom stereocenters. The van der Waals surface area contributed by atoms with Crippen LogP contribution in [0, 0.1) is 6.92 Å². The minimum atomic E-state index is 0.155. The van der Waals surface area contributed by atoms with Crippen molar-refractivity contribution in [1.82, 2.24) is 19.9 Å². The van der Waals surface area contributed by atoms with Gasteiger partial charge in [-0.2, -0.15) is 0 Å². The lowest BCUT2D eigenvalue weighted by molar-refractivity contribution is 0.224. The van der Waals surface area contributed by atoms with Gasteiger partial charge in [-0.25, -0.2) is 9.97 Å². The minimum Gasteiger partial charge on any atom is -0.488 e. The maximum atomic E-state index is 6.04. The van der Waals surface area contributed by atoms with Gasteiger partial charge in [-0.05, 0) is 31.2 Å². The summed E-state index contributed by atoms with van der Waals surface area (Å²) in [6, 6.07) is 9.66. The molecule has 0 aromatic carbocycles. The van der Waals surface area contributed by atoms with Gasteiger partial charge >= 0.3 is 0 Å². The van der Waals surface area contributed by atoms with E-state index in [9.17, 15) is 0 Å². The maximum Gasteiger partial charge on any atom is 0.161 e. The highest BCUT2D eigenvalue weighted by Gasteiger charge is 2.25. The molecular weight excluding hydrogens is 314 g/mol. The van der Waals surface area contributed by atoms with Crippen molar-refractivity contribution in [2.75, 3.05) is 18.0 Å². The zero-order valence-electron chi connectivity index (χ0n) is 14.0. The van der Waals surface area contributed by atoms with E-state index in [2.05, 4.69) is 19.9 Å². The number of pyridine rings is 2. The zero-order valence-corrected chi connectivity index (χ0v) is 14.0. The molecule has 3 aromatic rings. The van der Waals surface area contributed by atoms with Gasteiger partial charge in [-0.1, -0.05) is 0 Å². The lowest BCUT2D eigenvalue weighted by Gasteiger charge is -2.19. The standard InChI is InChI=1S/C19H19N5O/c1-14-12-18(23-19(22-14)15-2-7-20-8-3-15)24-11-6-17(13-24)25-16-4-9-21-10-5-16/h2-5,7-10,12,17H,6,11,13H2,1H3. The highest BCUT2D eigenvalue weighted by Crippen LogP contribution is 2.24. The Morgan fingerprint density at radius 1 is 1.00 bits per heavy atom. The smallest absolute Gasteiger partial charge is 0.161 e. The Hall–Kier alpha value is -3.02. The van der Waals surface area contributed by atoms with E-state index >= 15 is 0 Å². The quantitative estimate of drug-likeness (QED) is 0.731. The maximum absolute atomic E-state index is 6.04. The van der Waals surface area contributed by atoms with Crippen LogP contribution in [-0.4, -0.2) is 39.1 Å². The Balaban J connectivity index is 1.52. The van der Waals surface area contributed by atoms with E-state index in [0.717, 1.165) is 48.2 Å². The highest BCUT2D eigenvalue weighted by molar-refractivity contribution is 5.57. The van der Waals surface area contributed by atoms with Crippen LogP contribution >= 0.6 is 0 Å². The second-order valence-corrected chi connectivity index (χ2v) is 6.08. The summed E-state index contributed by atoms with van der Waals surface area (Å²) < 4.78 is 6.04.